The van der Waals surface area contributed by atoms with Gasteiger partial charge in [0.05, 0.1) is 10.6 Å². The lowest BCUT2D eigenvalue weighted by Gasteiger charge is -2.33. The Kier molecular flexibility index (Phi) is 9.81. The van der Waals surface area contributed by atoms with Gasteiger partial charge in [-0.15, -0.1) is 0 Å². The molecule has 4 rings (SSSR count). The van der Waals surface area contributed by atoms with Crippen molar-refractivity contribution in [3.8, 4) is 0 Å². The van der Waals surface area contributed by atoms with E-state index in [1.807, 2.05) is 19.1 Å². The quantitative estimate of drug-likeness (QED) is 0.344. The number of hydrogen-bond donors (Lipinski definition) is 1. The van der Waals surface area contributed by atoms with Gasteiger partial charge >= 0.3 is 0 Å². The molecule has 0 heterocycles. The number of nitrogens with one attached hydrogen (secondary N) is 1. The van der Waals surface area contributed by atoms with E-state index in [0.717, 1.165) is 42.0 Å². The van der Waals surface area contributed by atoms with Crippen LogP contribution in [0.5, 0.6) is 0 Å². The van der Waals surface area contributed by atoms with Crippen LogP contribution in [0.1, 0.15) is 55.7 Å². The van der Waals surface area contributed by atoms with Crippen molar-refractivity contribution in [1.82, 2.24) is 10.2 Å². The zero-order valence-corrected chi connectivity index (χ0v) is 24.7. The molecule has 9 heteroatoms. The Balaban J connectivity index is 1.69. The molecule has 0 aromatic heterocycles. The summed E-state index contributed by atoms with van der Waals surface area (Å²) in [4.78, 5) is 28.9. The predicted molar refractivity (Wildman–Crippen MR) is 158 cm³/mol. The Labute approximate surface area is 242 Å². The van der Waals surface area contributed by atoms with Gasteiger partial charge in [0, 0.05) is 12.6 Å². The van der Waals surface area contributed by atoms with Crippen molar-refractivity contribution in [3.05, 3.63) is 95.3 Å². The number of halogens is 1. The second-order valence-corrected chi connectivity index (χ2v) is 12.6. The van der Waals surface area contributed by atoms with Crippen molar-refractivity contribution in [2.24, 2.45) is 0 Å². The van der Waals surface area contributed by atoms with Crippen LogP contribution in [0.4, 0.5) is 10.1 Å². The Morgan fingerprint density at radius 3 is 2.27 bits per heavy atom. The van der Waals surface area contributed by atoms with Crippen LogP contribution in [0.3, 0.4) is 0 Å². The zero-order chi connectivity index (χ0) is 29.6. The van der Waals surface area contributed by atoms with Crippen LogP contribution in [0.15, 0.2) is 77.7 Å². The summed E-state index contributed by atoms with van der Waals surface area (Å²) in [5.74, 6) is -1.25. The van der Waals surface area contributed by atoms with E-state index < -0.39 is 34.3 Å². The molecule has 1 fully saturated rings. The van der Waals surface area contributed by atoms with E-state index in [2.05, 4.69) is 5.32 Å². The molecule has 7 nitrogen and oxygen atoms in total. The van der Waals surface area contributed by atoms with Crippen LogP contribution in [0, 0.1) is 19.7 Å². The van der Waals surface area contributed by atoms with Gasteiger partial charge in [-0.3, -0.25) is 13.9 Å². The van der Waals surface area contributed by atoms with Crippen LogP contribution in [-0.4, -0.2) is 43.8 Å². The molecule has 0 aliphatic heterocycles. The fourth-order valence-electron chi connectivity index (χ4n) is 5.16. The number of benzene rings is 3. The molecule has 2 amide bonds. The highest BCUT2D eigenvalue weighted by molar-refractivity contribution is 7.92. The Bertz CT molecular complexity index is 1460. The average molecular weight is 580 g/mol. The van der Waals surface area contributed by atoms with Crippen LogP contribution >= 0.6 is 0 Å². The molecule has 1 N–H and O–H groups in total. The summed E-state index contributed by atoms with van der Waals surface area (Å²) in [6.07, 6.45) is 5.00. The summed E-state index contributed by atoms with van der Waals surface area (Å²) in [5.41, 5.74) is 2.55. The first-order chi connectivity index (χ1) is 19.6. The SMILES string of the molecule is Cc1ccc(C)c(N(CC(=O)N(Cc2ccc(F)cc2)C(C)C(=O)NC2CCCCC2)S(=O)(=O)c2ccccc2)c1. The molecule has 0 saturated heterocycles. The molecule has 41 heavy (non-hydrogen) atoms. The summed E-state index contributed by atoms with van der Waals surface area (Å²) < 4.78 is 42.7. The van der Waals surface area contributed by atoms with Gasteiger partial charge in [0.25, 0.3) is 10.0 Å². The summed E-state index contributed by atoms with van der Waals surface area (Å²) in [6, 6.07) is 18.3. The van der Waals surface area contributed by atoms with Crippen molar-refractivity contribution in [1.29, 1.82) is 0 Å². The maximum absolute atomic E-state index is 14.1. The third-order valence-electron chi connectivity index (χ3n) is 7.63. The number of aryl methyl sites for hydroxylation is 2. The second kappa shape index (κ2) is 13.3. The van der Waals surface area contributed by atoms with Crippen molar-refractivity contribution in [3.63, 3.8) is 0 Å². The molecule has 1 aliphatic carbocycles. The standard InChI is InChI=1S/C32H38FN3O4S/c1-23-14-15-24(2)30(20-23)36(41(39,40)29-12-8-5-9-13-29)22-31(37)35(21-26-16-18-27(33)19-17-26)25(3)32(38)34-28-10-6-4-7-11-28/h5,8-9,12-20,25,28H,4,6-7,10-11,21-22H2,1-3H3,(H,34,38). The van der Waals surface area contributed by atoms with Crippen LogP contribution in [-0.2, 0) is 26.2 Å². The van der Waals surface area contributed by atoms with Crippen molar-refractivity contribution < 1.29 is 22.4 Å². The molecule has 0 spiro atoms. The summed E-state index contributed by atoms with van der Waals surface area (Å²) >= 11 is 0. The number of sulfonamides is 1. The highest BCUT2D eigenvalue weighted by Crippen LogP contribution is 2.28. The third kappa shape index (κ3) is 7.52. The van der Waals surface area contributed by atoms with Crippen LogP contribution < -0.4 is 9.62 Å². The zero-order valence-electron chi connectivity index (χ0n) is 23.8. The maximum Gasteiger partial charge on any atom is 0.264 e. The molecular weight excluding hydrogens is 541 g/mol. The fourth-order valence-corrected chi connectivity index (χ4v) is 6.65. The van der Waals surface area contributed by atoms with E-state index in [1.165, 1.54) is 29.2 Å². The fraction of sp³-hybridized carbons (Fsp3) is 0.375. The number of carbonyl (C=O) groups is 2. The van der Waals surface area contributed by atoms with Gasteiger partial charge in [-0.2, -0.15) is 0 Å². The van der Waals surface area contributed by atoms with Gasteiger partial charge < -0.3 is 10.2 Å². The molecule has 218 valence electrons. The highest BCUT2D eigenvalue weighted by atomic mass is 32.2. The minimum absolute atomic E-state index is 0.0182. The van der Waals surface area contributed by atoms with Crippen molar-refractivity contribution in [2.45, 2.75) is 76.4 Å². The highest BCUT2D eigenvalue weighted by Gasteiger charge is 2.33. The first-order valence-electron chi connectivity index (χ1n) is 14.1. The first-order valence-corrected chi connectivity index (χ1v) is 15.5. The first kappa shape index (κ1) is 30.2. The lowest BCUT2D eigenvalue weighted by atomic mass is 9.95. The summed E-state index contributed by atoms with van der Waals surface area (Å²) in [6.45, 7) is 4.81. The number of amides is 2. The molecule has 1 aliphatic rings. The normalized spacial score (nSPS) is 14.7. The number of anilines is 1. The molecule has 1 unspecified atom stereocenters. The van der Waals surface area contributed by atoms with Gasteiger partial charge in [-0.25, -0.2) is 12.8 Å². The van der Waals surface area contributed by atoms with Crippen molar-refractivity contribution >= 4 is 27.5 Å². The van der Waals surface area contributed by atoms with Gasteiger partial charge in [-0.1, -0.05) is 61.7 Å². The smallest absolute Gasteiger partial charge is 0.264 e. The molecule has 3 aromatic rings. The van der Waals surface area contributed by atoms with E-state index >= 15 is 0 Å². The summed E-state index contributed by atoms with van der Waals surface area (Å²) in [7, 11) is -4.13. The molecule has 0 radical (unpaired) electrons. The minimum atomic E-state index is -4.13. The lowest BCUT2D eigenvalue weighted by molar-refractivity contribution is -0.139. The Hall–Kier alpha value is -3.72. The monoisotopic (exact) mass is 579 g/mol. The predicted octanol–water partition coefficient (Wildman–Crippen LogP) is 5.50. The molecule has 1 atom stereocenters. The topological polar surface area (TPSA) is 86.8 Å². The number of carbonyl (C=O) groups excluding carboxylic acids is 2. The number of rotatable bonds is 10. The van der Waals surface area contributed by atoms with Crippen molar-refractivity contribution in [2.75, 3.05) is 10.8 Å². The molecule has 0 bridgehead atoms. The molecular formula is C32H38FN3O4S. The van der Waals surface area contributed by atoms with E-state index in [4.69, 9.17) is 0 Å². The average Bonchev–Trinajstić information content (AvgIpc) is 2.97. The van der Waals surface area contributed by atoms with E-state index in [-0.39, 0.29) is 23.4 Å². The van der Waals surface area contributed by atoms with Crippen LogP contribution in [0.2, 0.25) is 0 Å². The van der Waals surface area contributed by atoms with E-state index in [9.17, 15) is 22.4 Å². The molecule has 1 saturated carbocycles. The maximum atomic E-state index is 14.1. The van der Waals surface area contributed by atoms with Gasteiger partial charge in [0.2, 0.25) is 11.8 Å². The Morgan fingerprint density at radius 1 is 0.951 bits per heavy atom. The number of hydrogen-bond acceptors (Lipinski definition) is 4. The minimum Gasteiger partial charge on any atom is -0.352 e. The third-order valence-corrected chi connectivity index (χ3v) is 9.40. The number of nitrogens with zero attached hydrogens (tertiary/aromatic N) is 2. The van der Waals surface area contributed by atoms with Crippen LogP contribution in [0.25, 0.3) is 0 Å². The summed E-state index contributed by atoms with van der Waals surface area (Å²) in [5, 5.41) is 3.08. The van der Waals surface area contributed by atoms with Gasteiger partial charge in [0.15, 0.2) is 0 Å². The largest absolute Gasteiger partial charge is 0.352 e. The van der Waals surface area contributed by atoms with E-state index in [1.54, 1.807) is 50.2 Å². The lowest BCUT2D eigenvalue weighted by Crippen LogP contribution is -2.53. The van der Waals surface area contributed by atoms with Gasteiger partial charge in [0.1, 0.15) is 18.4 Å². The van der Waals surface area contributed by atoms with Gasteiger partial charge in [-0.05, 0) is 80.6 Å². The second-order valence-electron chi connectivity index (χ2n) is 10.8. The van der Waals surface area contributed by atoms with E-state index in [0.29, 0.717) is 16.8 Å². The Morgan fingerprint density at radius 2 is 1.61 bits per heavy atom. The molecule has 3 aromatic carbocycles.